The van der Waals surface area contributed by atoms with Crippen molar-refractivity contribution in [2.75, 3.05) is 5.32 Å². The molecule has 7 heteroatoms. The molecule has 1 N–H and O–H groups in total. The fourth-order valence-corrected chi connectivity index (χ4v) is 4.57. The molecule has 0 aliphatic carbocycles. The highest BCUT2D eigenvalue weighted by molar-refractivity contribution is 6.04. The van der Waals surface area contributed by atoms with E-state index >= 15 is 0 Å². The second kappa shape index (κ2) is 9.26. The molecule has 7 nitrogen and oxygen atoms in total. The van der Waals surface area contributed by atoms with Gasteiger partial charge in [0.15, 0.2) is 0 Å². The van der Waals surface area contributed by atoms with E-state index in [0.29, 0.717) is 17.3 Å². The fourth-order valence-electron chi connectivity index (χ4n) is 4.57. The number of nitrogens with zero attached hydrogens (tertiary/aromatic N) is 4. The summed E-state index contributed by atoms with van der Waals surface area (Å²) in [5, 5.41) is 11.3. The number of hydrogen-bond acceptors (Lipinski definition) is 5. The number of fused-ring (bicyclic) bond motifs is 1. The molecule has 6 rings (SSSR count). The number of amides is 1. The van der Waals surface area contributed by atoms with Crippen molar-refractivity contribution >= 4 is 11.6 Å². The van der Waals surface area contributed by atoms with Gasteiger partial charge in [-0.05, 0) is 86.8 Å². The van der Waals surface area contributed by atoms with E-state index in [1.165, 1.54) is 18.5 Å². The number of imidazole rings is 1. The van der Waals surface area contributed by atoms with Crippen LogP contribution in [0.25, 0.3) is 34.3 Å². The van der Waals surface area contributed by atoms with E-state index in [0.717, 1.165) is 46.7 Å². The van der Waals surface area contributed by atoms with Gasteiger partial charge in [0.2, 0.25) is 11.8 Å². The SMILES string of the molecule is Cc1cccc(-c2nnc(-c3ccc(C(=O)Nc4ccc(-c5ncc6n5CCCC6)cc4)cc3)o2)c1. The second-order valence-corrected chi connectivity index (χ2v) is 9.07. The highest BCUT2D eigenvalue weighted by Crippen LogP contribution is 2.27. The molecular weight excluding hydrogens is 450 g/mol. The summed E-state index contributed by atoms with van der Waals surface area (Å²) in [4.78, 5) is 17.4. The average Bonchev–Trinajstić information content (AvgIpc) is 3.57. The Morgan fingerprint density at radius 2 is 1.64 bits per heavy atom. The van der Waals surface area contributed by atoms with Gasteiger partial charge in [-0.3, -0.25) is 4.79 Å². The number of hydrogen-bond donors (Lipinski definition) is 1. The van der Waals surface area contributed by atoms with Crippen LogP contribution in [0.1, 0.15) is 34.5 Å². The number of benzene rings is 3. The summed E-state index contributed by atoms with van der Waals surface area (Å²) < 4.78 is 8.15. The Labute approximate surface area is 208 Å². The Bertz CT molecular complexity index is 1530. The molecule has 178 valence electrons. The highest BCUT2D eigenvalue weighted by atomic mass is 16.4. The summed E-state index contributed by atoms with van der Waals surface area (Å²) in [5.74, 6) is 1.69. The maximum Gasteiger partial charge on any atom is 0.255 e. The molecule has 1 aliphatic heterocycles. The number of carbonyl (C=O) groups excluding carboxylic acids is 1. The minimum absolute atomic E-state index is 0.182. The zero-order valence-corrected chi connectivity index (χ0v) is 19.9. The van der Waals surface area contributed by atoms with E-state index < -0.39 is 0 Å². The molecule has 0 saturated heterocycles. The first-order valence-corrected chi connectivity index (χ1v) is 12.1. The number of carbonyl (C=O) groups is 1. The van der Waals surface area contributed by atoms with Crippen LogP contribution in [0.15, 0.2) is 83.4 Å². The van der Waals surface area contributed by atoms with Crippen LogP contribution in [0.4, 0.5) is 5.69 Å². The van der Waals surface area contributed by atoms with Crippen LogP contribution in [0.5, 0.6) is 0 Å². The number of rotatable bonds is 5. The number of aromatic nitrogens is 4. The van der Waals surface area contributed by atoms with Gasteiger partial charge in [0, 0.05) is 46.4 Å². The summed E-state index contributed by atoms with van der Waals surface area (Å²) in [6.07, 6.45) is 5.47. The molecule has 0 unspecified atom stereocenters. The molecule has 0 radical (unpaired) electrons. The van der Waals surface area contributed by atoms with Crippen molar-refractivity contribution in [3.63, 3.8) is 0 Å². The Balaban J connectivity index is 1.13. The van der Waals surface area contributed by atoms with E-state index in [4.69, 9.17) is 4.42 Å². The first-order chi connectivity index (χ1) is 17.6. The summed E-state index contributed by atoms with van der Waals surface area (Å²) in [7, 11) is 0. The third-order valence-electron chi connectivity index (χ3n) is 6.49. The standard InChI is InChI=1S/C29H25N5O2/c1-19-5-4-6-23(17-19)29-33-32-28(36-29)22-10-8-21(9-11-22)27(35)31-24-14-12-20(13-15-24)26-30-18-25-7-2-3-16-34(25)26/h4-6,8-15,17-18H,2-3,7,16H2,1H3,(H,31,35). The summed E-state index contributed by atoms with van der Waals surface area (Å²) in [6.45, 7) is 3.03. The molecule has 0 bridgehead atoms. The van der Waals surface area contributed by atoms with Crippen LogP contribution in [0, 0.1) is 6.92 Å². The van der Waals surface area contributed by atoms with Crippen molar-refractivity contribution in [1.29, 1.82) is 0 Å². The van der Waals surface area contributed by atoms with Crippen molar-refractivity contribution in [3.8, 4) is 34.3 Å². The molecule has 1 aliphatic rings. The van der Waals surface area contributed by atoms with Gasteiger partial charge >= 0.3 is 0 Å². The van der Waals surface area contributed by atoms with Crippen molar-refractivity contribution in [3.05, 3.63) is 95.8 Å². The first kappa shape index (κ1) is 22.0. The monoisotopic (exact) mass is 475 g/mol. The number of nitrogens with one attached hydrogen (secondary N) is 1. The lowest BCUT2D eigenvalue weighted by atomic mass is 10.1. The molecule has 0 saturated carbocycles. The Morgan fingerprint density at radius 3 is 2.42 bits per heavy atom. The Morgan fingerprint density at radius 1 is 0.889 bits per heavy atom. The van der Waals surface area contributed by atoms with Gasteiger partial charge in [0.25, 0.3) is 5.91 Å². The maximum atomic E-state index is 12.8. The van der Waals surface area contributed by atoms with Gasteiger partial charge in [-0.1, -0.05) is 17.7 Å². The van der Waals surface area contributed by atoms with Gasteiger partial charge in [-0.25, -0.2) is 4.98 Å². The van der Waals surface area contributed by atoms with Gasteiger partial charge in [-0.2, -0.15) is 0 Å². The van der Waals surface area contributed by atoms with Gasteiger partial charge in [-0.15, -0.1) is 10.2 Å². The third-order valence-corrected chi connectivity index (χ3v) is 6.49. The number of aryl methyl sites for hydroxylation is 2. The summed E-state index contributed by atoms with van der Waals surface area (Å²) in [5.41, 5.74) is 6.38. The quantitative estimate of drug-likeness (QED) is 0.329. The maximum absolute atomic E-state index is 12.8. The molecular formula is C29H25N5O2. The summed E-state index contributed by atoms with van der Waals surface area (Å²) >= 11 is 0. The van der Waals surface area contributed by atoms with E-state index in [1.807, 2.05) is 73.8 Å². The van der Waals surface area contributed by atoms with Gasteiger partial charge < -0.3 is 14.3 Å². The molecule has 0 fully saturated rings. The van der Waals surface area contributed by atoms with Crippen molar-refractivity contribution in [1.82, 2.24) is 19.7 Å². The molecule has 1 amide bonds. The molecule has 0 spiro atoms. The van der Waals surface area contributed by atoms with Crippen LogP contribution < -0.4 is 5.32 Å². The Hall–Kier alpha value is -4.52. The van der Waals surface area contributed by atoms with Crippen LogP contribution in [-0.2, 0) is 13.0 Å². The van der Waals surface area contributed by atoms with Crippen LogP contribution >= 0.6 is 0 Å². The zero-order valence-electron chi connectivity index (χ0n) is 19.9. The first-order valence-electron chi connectivity index (χ1n) is 12.1. The molecule has 2 aromatic heterocycles. The minimum Gasteiger partial charge on any atom is -0.416 e. The normalized spacial score (nSPS) is 12.8. The predicted molar refractivity (Wildman–Crippen MR) is 138 cm³/mol. The largest absolute Gasteiger partial charge is 0.416 e. The van der Waals surface area contributed by atoms with Crippen molar-refractivity contribution in [2.24, 2.45) is 0 Å². The lowest BCUT2D eigenvalue weighted by Crippen LogP contribution is -2.12. The second-order valence-electron chi connectivity index (χ2n) is 9.07. The van der Waals surface area contributed by atoms with Crippen LogP contribution in [0.3, 0.4) is 0 Å². The third kappa shape index (κ3) is 4.31. The fraction of sp³-hybridized carbons (Fsp3) is 0.172. The van der Waals surface area contributed by atoms with Crippen molar-refractivity contribution < 1.29 is 9.21 Å². The molecule has 3 heterocycles. The highest BCUT2D eigenvalue weighted by Gasteiger charge is 2.16. The van der Waals surface area contributed by atoms with Crippen LogP contribution in [0.2, 0.25) is 0 Å². The van der Waals surface area contributed by atoms with E-state index in [1.54, 1.807) is 12.1 Å². The predicted octanol–water partition coefficient (Wildman–Crippen LogP) is 6.16. The van der Waals surface area contributed by atoms with E-state index in [9.17, 15) is 4.79 Å². The van der Waals surface area contributed by atoms with E-state index in [-0.39, 0.29) is 5.91 Å². The molecule has 5 aromatic rings. The zero-order chi connectivity index (χ0) is 24.5. The lowest BCUT2D eigenvalue weighted by molar-refractivity contribution is 0.102. The van der Waals surface area contributed by atoms with Gasteiger partial charge in [0.1, 0.15) is 5.82 Å². The lowest BCUT2D eigenvalue weighted by Gasteiger charge is -2.16. The minimum atomic E-state index is -0.182. The molecule has 3 aromatic carbocycles. The molecule has 0 atom stereocenters. The Kier molecular flexibility index (Phi) is 5.65. The molecule has 36 heavy (non-hydrogen) atoms. The topological polar surface area (TPSA) is 85.8 Å². The van der Waals surface area contributed by atoms with Crippen molar-refractivity contribution in [2.45, 2.75) is 32.7 Å². The van der Waals surface area contributed by atoms with Crippen LogP contribution in [-0.4, -0.2) is 25.7 Å². The van der Waals surface area contributed by atoms with Gasteiger partial charge in [0.05, 0.1) is 0 Å². The van der Waals surface area contributed by atoms with E-state index in [2.05, 4.69) is 25.1 Å². The smallest absolute Gasteiger partial charge is 0.255 e. The average molecular weight is 476 g/mol. The number of anilines is 1. The summed E-state index contributed by atoms with van der Waals surface area (Å²) in [6, 6.07) is 22.9.